The summed E-state index contributed by atoms with van der Waals surface area (Å²) in [4.78, 5) is 38.3. The lowest BCUT2D eigenvalue weighted by molar-refractivity contribution is -0.140. The smallest absolute Gasteiger partial charge is 0.243 e. The molecule has 0 spiro atoms. The zero-order chi connectivity index (χ0) is 24.8. The number of aliphatic hydroxyl groups is 2. The van der Waals surface area contributed by atoms with Crippen LogP contribution in [0.5, 0.6) is 0 Å². The van der Waals surface area contributed by atoms with Gasteiger partial charge in [-0.05, 0) is 29.5 Å². The summed E-state index contributed by atoms with van der Waals surface area (Å²) < 4.78 is 0. The summed E-state index contributed by atoms with van der Waals surface area (Å²) in [5, 5.41) is 26.4. The van der Waals surface area contributed by atoms with Crippen molar-refractivity contribution in [3.63, 3.8) is 0 Å². The van der Waals surface area contributed by atoms with Crippen LogP contribution in [0.4, 0.5) is 0 Å². The topological polar surface area (TPSA) is 164 Å². The van der Waals surface area contributed by atoms with Crippen molar-refractivity contribution in [3.05, 3.63) is 58.5 Å². The number of aryl methyl sites for hydroxylation is 1. The predicted octanol–water partition coefficient (Wildman–Crippen LogP) is 1.90. The molecule has 1 fully saturated rings. The summed E-state index contributed by atoms with van der Waals surface area (Å²) in [5.41, 5.74) is 12.1. The first-order chi connectivity index (χ1) is 16.3. The van der Waals surface area contributed by atoms with E-state index in [0.717, 1.165) is 16.8 Å². The van der Waals surface area contributed by atoms with Gasteiger partial charge >= 0.3 is 0 Å². The third-order valence-corrected chi connectivity index (χ3v) is 5.96. The second-order valence-corrected chi connectivity index (χ2v) is 8.68. The van der Waals surface area contributed by atoms with Gasteiger partial charge in [0.25, 0.3) is 0 Å². The van der Waals surface area contributed by atoms with E-state index in [1.54, 1.807) is 32.2 Å². The minimum absolute atomic E-state index is 0.0297. The van der Waals surface area contributed by atoms with Crippen LogP contribution >= 0.6 is 0 Å². The Labute approximate surface area is 197 Å². The molecule has 3 N–H and O–H groups in total. The van der Waals surface area contributed by atoms with Crippen molar-refractivity contribution in [2.24, 2.45) is 11.0 Å². The van der Waals surface area contributed by atoms with Gasteiger partial charge in [0.05, 0.1) is 18.8 Å². The molecule has 2 aromatic rings. The Morgan fingerprint density at radius 3 is 2.62 bits per heavy atom. The van der Waals surface area contributed by atoms with Gasteiger partial charge in [0, 0.05) is 35.3 Å². The van der Waals surface area contributed by atoms with Crippen molar-refractivity contribution in [2.75, 3.05) is 13.2 Å². The molecule has 1 aliphatic heterocycles. The molecule has 34 heavy (non-hydrogen) atoms. The molecule has 4 atom stereocenters. The molecule has 2 amide bonds. The van der Waals surface area contributed by atoms with Crippen LogP contribution in [0.2, 0.25) is 0 Å². The van der Waals surface area contributed by atoms with Crippen LogP contribution in [0.3, 0.4) is 0 Å². The van der Waals surface area contributed by atoms with Gasteiger partial charge < -0.3 is 20.4 Å². The molecule has 0 aliphatic carbocycles. The first-order valence-corrected chi connectivity index (χ1v) is 11.1. The van der Waals surface area contributed by atoms with Crippen LogP contribution in [-0.4, -0.2) is 68.2 Å². The van der Waals surface area contributed by atoms with Crippen LogP contribution in [0.15, 0.2) is 41.9 Å². The van der Waals surface area contributed by atoms with E-state index in [1.807, 2.05) is 19.1 Å². The van der Waals surface area contributed by atoms with Crippen LogP contribution in [0, 0.1) is 12.8 Å². The van der Waals surface area contributed by atoms with E-state index in [9.17, 15) is 19.8 Å². The third kappa shape index (κ3) is 5.51. The number of nitrogens with one attached hydrogen (secondary N) is 1. The van der Waals surface area contributed by atoms with Gasteiger partial charge in [0.2, 0.25) is 11.8 Å². The third-order valence-electron chi connectivity index (χ3n) is 5.96. The molecule has 0 unspecified atom stereocenters. The zero-order valence-electron chi connectivity index (χ0n) is 19.4. The van der Waals surface area contributed by atoms with E-state index < -0.39 is 36.0 Å². The van der Waals surface area contributed by atoms with E-state index in [-0.39, 0.29) is 25.5 Å². The number of nitrogens with zero attached hydrogens (tertiary/aromatic N) is 6. The lowest BCUT2D eigenvalue weighted by Crippen LogP contribution is -2.50. The fourth-order valence-electron chi connectivity index (χ4n) is 4.07. The van der Waals surface area contributed by atoms with Crippen LogP contribution in [0.1, 0.15) is 37.6 Å². The van der Waals surface area contributed by atoms with Crippen molar-refractivity contribution >= 4 is 11.8 Å². The van der Waals surface area contributed by atoms with Gasteiger partial charge in [-0.2, -0.15) is 0 Å². The van der Waals surface area contributed by atoms with Gasteiger partial charge in [-0.15, -0.1) is 0 Å². The summed E-state index contributed by atoms with van der Waals surface area (Å²) in [6.45, 7) is 4.99. The first-order valence-electron chi connectivity index (χ1n) is 11.1. The van der Waals surface area contributed by atoms with Crippen LogP contribution in [0.25, 0.3) is 21.6 Å². The molecular formula is C23H29N7O4. The van der Waals surface area contributed by atoms with Crippen LogP contribution in [-0.2, 0) is 9.59 Å². The molecule has 0 bridgehead atoms. The number of hydrogen-bond acceptors (Lipinski definition) is 7. The summed E-state index contributed by atoms with van der Waals surface area (Å²) in [6.07, 6.45) is 2.39. The maximum Gasteiger partial charge on any atom is 0.243 e. The number of amides is 2. The maximum atomic E-state index is 13.1. The van der Waals surface area contributed by atoms with E-state index in [0.29, 0.717) is 5.56 Å². The quantitative estimate of drug-likeness (QED) is 0.305. The van der Waals surface area contributed by atoms with Crippen molar-refractivity contribution in [1.82, 2.24) is 20.2 Å². The molecular weight excluding hydrogens is 438 g/mol. The standard InChI is InChI=1S/C23H29N7O4/c1-13(2)21(28-29-24)23(34)30-10-17(32)8-20(30)22(33)27-19(11-31)16-6-4-15(5-7-16)18-9-25-12-26-14(18)3/h4-7,9,12-13,17,19-21,31-32H,8,10-11H2,1-3H3,(H,27,33)/t17-,19+,20+,21+/m1/s1. The highest BCUT2D eigenvalue weighted by atomic mass is 16.3. The van der Waals surface area contributed by atoms with E-state index >= 15 is 0 Å². The minimum atomic E-state index is -0.975. The molecule has 1 aromatic carbocycles. The SMILES string of the molecule is Cc1ncncc1-c1ccc([C@H](CO)NC(=O)[C@@H]2C[C@@H](O)CN2C(=O)[C@@H](N=[N+]=[N-])C(C)C)cc1. The molecule has 1 saturated heterocycles. The maximum absolute atomic E-state index is 13.1. The molecule has 180 valence electrons. The molecule has 0 saturated carbocycles. The Hall–Kier alpha value is -3.53. The molecule has 1 aromatic heterocycles. The Kier molecular flexibility index (Phi) is 8.17. The highest BCUT2D eigenvalue weighted by molar-refractivity contribution is 5.91. The van der Waals surface area contributed by atoms with E-state index in [1.165, 1.54) is 11.2 Å². The van der Waals surface area contributed by atoms with Crippen molar-refractivity contribution in [3.8, 4) is 11.1 Å². The van der Waals surface area contributed by atoms with Gasteiger partial charge in [-0.3, -0.25) is 9.59 Å². The molecule has 1 aliphatic rings. The van der Waals surface area contributed by atoms with Gasteiger partial charge in [0.15, 0.2) is 0 Å². The number of benzene rings is 1. The molecule has 11 nitrogen and oxygen atoms in total. The van der Waals surface area contributed by atoms with Gasteiger partial charge in [-0.25, -0.2) is 9.97 Å². The summed E-state index contributed by atoms with van der Waals surface area (Å²) in [7, 11) is 0. The van der Waals surface area contributed by atoms with E-state index in [4.69, 9.17) is 5.53 Å². The van der Waals surface area contributed by atoms with Crippen molar-refractivity contribution < 1.29 is 19.8 Å². The number of carbonyl (C=O) groups is 2. The van der Waals surface area contributed by atoms with E-state index in [2.05, 4.69) is 25.3 Å². The average molecular weight is 468 g/mol. The Morgan fingerprint density at radius 1 is 1.32 bits per heavy atom. The van der Waals surface area contributed by atoms with Crippen LogP contribution < -0.4 is 5.32 Å². The zero-order valence-corrected chi connectivity index (χ0v) is 19.4. The summed E-state index contributed by atoms with van der Waals surface area (Å²) in [5.74, 6) is -1.27. The Balaban J connectivity index is 1.76. The second kappa shape index (κ2) is 11.1. The average Bonchev–Trinajstić information content (AvgIpc) is 3.22. The Morgan fingerprint density at radius 2 is 2.03 bits per heavy atom. The Bertz CT molecular complexity index is 1070. The van der Waals surface area contributed by atoms with Crippen molar-refractivity contribution in [1.29, 1.82) is 0 Å². The normalized spacial score (nSPS) is 19.4. The number of aliphatic hydroxyl groups excluding tert-OH is 2. The predicted molar refractivity (Wildman–Crippen MR) is 124 cm³/mol. The monoisotopic (exact) mass is 467 g/mol. The number of aromatic nitrogens is 2. The minimum Gasteiger partial charge on any atom is -0.394 e. The molecule has 0 radical (unpaired) electrons. The lowest BCUT2D eigenvalue weighted by Gasteiger charge is -2.29. The number of carbonyl (C=O) groups excluding carboxylic acids is 2. The fourth-order valence-corrected chi connectivity index (χ4v) is 4.07. The molecule has 3 rings (SSSR count). The first kappa shape index (κ1) is 25.1. The highest BCUT2D eigenvalue weighted by Crippen LogP contribution is 2.25. The van der Waals surface area contributed by atoms with Crippen molar-refractivity contribution in [2.45, 2.75) is 51.4 Å². The number of hydrogen-bond donors (Lipinski definition) is 3. The highest BCUT2D eigenvalue weighted by Gasteiger charge is 2.42. The number of azide groups is 1. The number of β-amino-alcohol motifs (C(OH)–C–C–N with tert-alkyl or cyclic N) is 1. The summed E-state index contributed by atoms with van der Waals surface area (Å²) >= 11 is 0. The number of likely N-dealkylation sites (tertiary alicyclic amines) is 1. The van der Waals surface area contributed by atoms with Gasteiger partial charge in [-0.1, -0.05) is 43.2 Å². The molecule has 2 heterocycles. The largest absolute Gasteiger partial charge is 0.394 e. The second-order valence-electron chi connectivity index (χ2n) is 8.68. The molecule has 11 heteroatoms. The lowest BCUT2D eigenvalue weighted by atomic mass is 10.0. The fraction of sp³-hybridized carbons (Fsp3) is 0.478. The summed E-state index contributed by atoms with van der Waals surface area (Å²) in [6, 6.07) is 4.70. The van der Waals surface area contributed by atoms with Gasteiger partial charge in [0.1, 0.15) is 18.4 Å². The number of rotatable bonds is 8.